The van der Waals surface area contributed by atoms with E-state index in [0.717, 1.165) is 16.0 Å². The number of rotatable bonds is 4. The maximum Gasteiger partial charge on any atom is 0.257 e. The van der Waals surface area contributed by atoms with Gasteiger partial charge in [0.25, 0.3) is 5.89 Å². The Bertz CT molecular complexity index is 1090. The van der Waals surface area contributed by atoms with Gasteiger partial charge in [0.1, 0.15) is 11.5 Å². The Balaban J connectivity index is 1.38. The molecule has 0 saturated heterocycles. The van der Waals surface area contributed by atoms with E-state index in [0.29, 0.717) is 23.3 Å². The highest BCUT2D eigenvalue weighted by Crippen LogP contribution is 2.43. The van der Waals surface area contributed by atoms with Crippen molar-refractivity contribution in [3.63, 3.8) is 0 Å². The van der Waals surface area contributed by atoms with Gasteiger partial charge in [-0.05, 0) is 23.6 Å². The lowest BCUT2D eigenvalue weighted by Crippen LogP contribution is -2.31. The van der Waals surface area contributed by atoms with Crippen LogP contribution in [0, 0.1) is 0 Å². The number of para-hydroxylation sites is 2. The van der Waals surface area contributed by atoms with E-state index in [-0.39, 0.29) is 12.5 Å². The zero-order valence-electron chi connectivity index (χ0n) is 14.7. The smallest absolute Gasteiger partial charge is 0.257 e. The normalized spacial score (nSPS) is 12.7. The summed E-state index contributed by atoms with van der Waals surface area (Å²) >= 11 is 1.52. The van der Waals surface area contributed by atoms with Gasteiger partial charge in [-0.1, -0.05) is 42.5 Å². The van der Waals surface area contributed by atoms with Crippen molar-refractivity contribution < 1.29 is 13.9 Å². The lowest BCUT2D eigenvalue weighted by atomic mass is 9.87. The molecule has 28 heavy (non-hydrogen) atoms. The molecule has 0 atom stereocenters. The lowest BCUT2D eigenvalue weighted by molar-refractivity contribution is -0.122. The Labute approximate surface area is 164 Å². The minimum absolute atomic E-state index is 0.140. The van der Waals surface area contributed by atoms with Gasteiger partial charge in [-0.2, -0.15) is 0 Å². The van der Waals surface area contributed by atoms with Crippen LogP contribution in [-0.2, 0) is 11.3 Å². The summed E-state index contributed by atoms with van der Waals surface area (Å²) in [7, 11) is 0. The van der Waals surface area contributed by atoms with Gasteiger partial charge in [0.15, 0.2) is 0 Å². The van der Waals surface area contributed by atoms with Crippen molar-refractivity contribution in [3.05, 3.63) is 83.1 Å². The van der Waals surface area contributed by atoms with Gasteiger partial charge in [0.2, 0.25) is 11.8 Å². The van der Waals surface area contributed by atoms with E-state index in [1.165, 1.54) is 11.3 Å². The van der Waals surface area contributed by atoms with Crippen molar-refractivity contribution in [2.45, 2.75) is 12.5 Å². The van der Waals surface area contributed by atoms with E-state index < -0.39 is 5.92 Å². The minimum Gasteiger partial charge on any atom is -0.457 e. The third-order valence-corrected chi connectivity index (χ3v) is 5.41. The summed E-state index contributed by atoms with van der Waals surface area (Å²) in [5.74, 6) is 1.62. The Kier molecular flexibility index (Phi) is 4.14. The van der Waals surface area contributed by atoms with Crippen LogP contribution in [0.15, 0.2) is 70.5 Å². The first-order chi connectivity index (χ1) is 13.8. The average Bonchev–Trinajstić information content (AvgIpc) is 3.42. The van der Waals surface area contributed by atoms with Gasteiger partial charge in [-0.25, -0.2) is 0 Å². The monoisotopic (exact) mass is 389 g/mol. The largest absolute Gasteiger partial charge is 0.457 e. The summed E-state index contributed by atoms with van der Waals surface area (Å²) in [5, 5.41) is 12.9. The highest BCUT2D eigenvalue weighted by atomic mass is 32.1. The standard InChI is InChI=1S/C21H15N3O3S/c25-20(22-12-18-23-24-21(27-18)17-10-5-11-28-17)19-13-6-1-3-8-15(13)26-16-9-4-2-7-14(16)19/h1-11,19H,12H2,(H,22,25). The van der Waals surface area contributed by atoms with Crippen LogP contribution in [-0.4, -0.2) is 16.1 Å². The van der Waals surface area contributed by atoms with Crippen LogP contribution in [0.2, 0.25) is 0 Å². The first-order valence-corrected chi connectivity index (χ1v) is 9.67. The molecule has 1 aliphatic heterocycles. The van der Waals surface area contributed by atoms with Gasteiger partial charge in [0.05, 0.1) is 17.3 Å². The highest BCUT2D eigenvalue weighted by Gasteiger charge is 2.32. The van der Waals surface area contributed by atoms with Crippen LogP contribution >= 0.6 is 11.3 Å². The Morgan fingerprint density at radius 1 is 0.964 bits per heavy atom. The van der Waals surface area contributed by atoms with Crippen LogP contribution in [0.5, 0.6) is 11.5 Å². The molecule has 1 N–H and O–H groups in total. The number of carbonyl (C=O) groups excluding carboxylic acids is 1. The van der Waals surface area contributed by atoms with Crippen molar-refractivity contribution in [1.82, 2.24) is 15.5 Å². The van der Waals surface area contributed by atoms with Crippen molar-refractivity contribution in [2.24, 2.45) is 0 Å². The van der Waals surface area contributed by atoms with E-state index in [4.69, 9.17) is 9.15 Å². The Hall–Kier alpha value is -3.45. The Morgan fingerprint density at radius 2 is 1.68 bits per heavy atom. The number of thiophene rings is 1. The summed E-state index contributed by atoms with van der Waals surface area (Å²) in [4.78, 5) is 14.0. The second-order valence-corrected chi connectivity index (χ2v) is 7.25. The third-order valence-electron chi connectivity index (χ3n) is 4.55. The topological polar surface area (TPSA) is 77.3 Å². The van der Waals surface area contributed by atoms with Crippen molar-refractivity contribution >= 4 is 17.2 Å². The molecule has 0 unspecified atom stereocenters. The van der Waals surface area contributed by atoms with Crippen LogP contribution in [0.3, 0.4) is 0 Å². The maximum absolute atomic E-state index is 13.1. The molecule has 0 spiro atoms. The van der Waals surface area contributed by atoms with Gasteiger partial charge >= 0.3 is 0 Å². The maximum atomic E-state index is 13.1. The first kappa shape index (κ1) is 16.7. The van der Waals surface area contributed by atoms with E-state index in [1.807, 2.05) is 66.0 Å². The molecule has 4 aromatic rings. The molecule has 2 aromatic carbocycles. The number of nitrogens with zero attached hydrogens (tertiary/aromatic N) is 2. The molecule has 1 amide bonds. The van der Waals surface area contributed by atoms with Crippen LogP contribution < -0.4 is 10.1 Å². The molecule has 1 aliphatic rings. The molecule has 2 aromatic heterocycles. The molecule has 0 saturated carbocycles. The molecule has 0 fully saturated rings. The summed E-state index contributed by atoms with van der Waals surface area (Å²) in [6, 6.07) is 19.0. The highest BCUT2D eigenvalue weighted by molar-refractivity contribution is 7.13. The molecule has 7 heteroatoms. The van der Waals surface area contributed by atoms with Crippen LogP contribution in [0.1, 0.15) is 22.9 Å². The number of benzene rings is 2. The average molecular weight is 389 g/mol. The number of carbonyl (C=O) groups is 1. The number of hydrogen-bond acceptors (Lipinski definition) is 6. The van der Waals surface area contributed by atoms with E-state index in [1.54, 1.807) is 0 Å². The SMILES string of the molecule is O=C(NCc1nnc(-c2cccs2)o1)C1c2ccccc2Oc2ccccc21. The number of amides is 1. The second-order valence-electron chi connectivity index (χ2n) is 6.31. The summed E-state index contributed by atoms with van der Waals surface area (Å²) in [6.07, 6.45) is 0. The quantitative estimate of drug-likeness (QED) is 0.561. The molecule has 5 rings (SSSR count). The molecule has 3 heterocycles. The predicted octanol–water partition coefficient (Wildman–Crippen LogP) is 4.35. The molecular formula is C21H15N3O3S. The number of nitrogens with one attached hydrogen (secondary N) is 1. The van der Waals surface area contributed by atoms with Crippen molar-refractivity contribution in [1.29, 1.82) is 0 Å². The van der Waals surface area contributed by atoms with E-state index in [9.17, 15) is 4.79 Å². The van der Waals surface area contributed by atoms with Crippen molar-refractivity contribution in [3.8, 4) is 22.3 Å². The minimum atomic E-state index is -0.458. The first-order valence-electron chi connectivity index (χ1n) is 8.79. The van der Waals surface area contributed by atoms with Gasteiger partial charge in [-0.3, -0.25) is 4.79 Å². The fraction of sp³-hybridized carbons (Fsp3) is 0.0952. The molecule has 0 aliphatic carbocycles. The number of hydrogen-bond donors (Lipinski definition) is 1. The van der Waals surface area contributed by atoms with Crippen LogP contribution in [0.4, 0.5) is 0 Å². The summed E-state index contributed by atoms with van der Waals surface area (Å²) < 4.78 is 11.6. The molecule has 0 bridgehead atoms. The molecular weight excluding hydrogens is 374 g/mol. The van der Waals surface area contributed by atoms with Crippen molar-refractivity contribution in [2.75, 3.05) is 0 Å². The third kappa shape index (κ3) is 2.95. The lowest BCUT2D eigenvalue weighted by Gasteiger charge is -2.27. The summed E-state index contributed by atoms with van der Waals surface area (Å²) in [6.45, 7) is 0.166. The predicted molar refractivity (Wildman–Crippen MR) is 104 cm³/mol. The van der Waals surface area contributed by atoms with Crippen LogP contribution in [0.25, 0.3) is 10.8 Å². The summed E-state index contributed by atoms with van der Waals surface area (Å²) in [5.41, 5.74) is 1.67. The second kappa shape index (κ2) is 6.94. The van der Waals surface area contributed by atoms with Gasteiger partial charge in [-0.15, -0.1) is 21.5 Å². The fourth-order valence-corrected chi connectivity index (χ4v) is 3.93. The van der Waals surface area contributed by atoms with E-state index >= 15 is 0 Å². The fourth-order valence-electron chi connectivity index (χ4n) is 3.28. The Morgan fingerprint density at radius 3 is 2.36 bits per heavy atom. The zero-order valence-corrected chi connectivity index (χ0v) is 15.5. The van der Waals surface area contributed by atoms with Gasteiger partial charge in [0, 0.05) is 11.1 Å². The number of ether oxygens (including phenoxy) is 1. The molecule has 0 radical (unpaired) electrons. The number of aromatic nitrogens is 2. The zero-order chi connectivity index (χ0) is 18.9. The van der Waals surface area contributed by atoms with E-state index in [2.05, 4.69) is 15.5 Å². The molecule has 6 nitrogen and oxygen atoms in total. The van der Waals surface area contributed by atoms with Gasteiger partial charge < -0.3 is 14.5 Å². The number of fused-ring (bicyclic) bond motifs is 2. The molecule has 138 valence electrons.